The minimum atomic E-state index is -0.0361. The summed E-state index contributed by atoms with van der Waals surface area (Å²) in [6, 6.07) is 5.69. The summed E-state index contributed by atoms with van der Waals surface area (Å²) in [4.78, 5) is 18.0. The van der Waals surface area contributed by atoms with E-state index in [0.717, 1.165) is 5.69 Å². The van der Waals surface area contributed by atoms with E-state index in [0.29, 0.717) is 25.6 Å². The Hall–Kier alpha value is -1.46. The van der Waals surface area contributed by atoms with E-state index in [4.69, 9.17) is 5.73 Å². The molecule has 0 saturated carbocycles. The van der Waals surface area contributed by atoms with Crippen molar-refractivity contribution < 1.29 is 4.79 Å². The highest BCUT2D eigenvalue weighted by Gasteiger charge is 2.18. The fourth-order valence-electron chi connectivity index (χ4n) is 1.81. The van der Waals surface area contributed by atoms with Crippen molar-refractivity contribution in [2.45, 2.75) is 19.9 Å². The molecule has 0 aromatic carbocycles. The molecule has 5 heteroatoms. The van der Waals surface area contributed by atoms with Gasteiger partial charge in [0.1, 0.15) is 0 Å². The first-order valence-electron chi connectivity index (χ1n) is 6.62. The lowest BCUT2D eigenvalue weighted by molar-refractivity contribution is -0.122. The van der Waals surface area contributed by atoms with Gasteiger partial charge in [-0.05, 0) is 25.1 Å². The molecule has 3 N–H and O–H groups in total. The Morgan fingerprint density at radius 1 is 1.47 bits per heavy atom. The van der Waals surface area contributed by atoms with E-state index >= 15 is 0 Å². The van der Waals surface area contributed by atoms with Gasteiger partial charge in [-0.15, -0.1) is 0 Å². The molecular formula is C14H24N4O. The standard InChI is InChI=1S/C14H24N4O/c1-11(2)9-17-14(19)10-18(3)13(8-15)12-6-4-5-7-16-12/h4-7,11,13H,8-10,15H2,1-3H3,(H,17,19). The Kier molecular flexibility index (Phi) is 6.45. The van der Waals surface area contributed by atoms with Crippen LogP contribution in [-0.2, 0) is 4.79 Å². The maximum atomic E-state index is 11.8. The molecule has 0 saturated heterocycles. The monoisotopic (exact) mass is 264 g/mol. The molecule has 0 spiro atoms. The van der Waals surface area contributed by atoms with E-state index in [-0.39, 0.29) is 11.9 Å². The molecule has 5 nitrogen and oxygen atoms in total. The number of nitrogens with zero attached hydrogens (tertiary/aromatic N) is 2. The van der Waals surface area contributed by atoms with Gasteiger partial charge in [0, 0.05) is 19.3 Å². The van der Waals surface area contributed by atoms with Gasteiger partial charge < -0.3 is 11.1 Å². The zero-order chi connectivity index (χ0) is 14.3. The zero-order valence-corrected chi connectivity index (χ0v) is 12.0. The zero-order valence-electron chi connectivity index (χ0n) is 12.0. The number of carbonyl (C=O) groups excluding carboxylic acids is 1. The first kappa shape index (κ1) is 15.6. The van der Waals surface area contributed by atoms with Crippen LogP contribution >= 0.6 is 0 Å². The summed E-state index contributed by atoms with van der Waals surface area (Å²) in [6.07, 6.45) is 1.74. The normalized spacial score (nSPS) is 12.7. The van der Waals surface area contributed by atoms with Crippen LogP contribution in [0.25, 0.3) is 0 Å². The van der Waals surface area contributed by atoms with Gasteiger partial charge in [-0.3, -0.25) is 14.7 Å². The molecule has 1 rings (SSSR count). The van der Waals surface area contributed by atoms with Crippen molar-refractivity contribution in [2.24, 2.45) is 11.7 Å². The number of amides is 1. The molecular weight excluding hydrogens is 240 g/mol. The van der Waals surface area contributed by atoms with Crippen LogP contribution in [0.15, 0.2) is 24.4 Å². The first-order valence-corrected chi connectivity index (χ1v) is 6.62. The van der Waals surface area contributed by atoms with Crippen molar-refractivity contribution in [3.05, 3.63) is 30.1 Å². The Labute approximate surface area is 115 Å². The van der Waals surface area contributed by atoms with Crippen molar-refractivity contribution in [3.63, 3.8) is 0 Å². The van der Waals surface area contributed by atoms with Crippen molar-refractivity contribution >= 4 is 5.91 Å². The molecule has 1 unspecified atom stereocenters. The number of rotatable bonds is 7. The van der Waals surface area contributed by atoms with Gasteiger partial charge in [-0.1, -0.05) is 19.9 Å². The molecule has 0 bridgehead atoms. The minimum absolute atomic E-state index is 0.0191. The van der Waals surface area contributed by atoms with Crippen LogP contribution in [0.2, 0.25) is 0 Å². The summed E-state index contributed by atoms with van der Waals surface area (Å²) in [6.45, 7) is 5.60. The van der Waals surface area contributed by atoms with Crippen LogP contribution < -0.4 is 11.1 Å². The summed E-state index contributed by atoms with van der Waals surface area (Å²) < 4.78 is 0. The Bertz CT molecular complexity index is 380. The molecule has 0 fully saturated rings. The van der Waals surface area contributed by atoms with E-state index in [2.05, 4.69) is 24.1 Å². The third kappa shape index (κ3) is 5.36. The quantitative estimate of drug-likeness (QED) is 0.763. The van der Waals surface area contributed by atoms with Crippen LogP contribution in [0.5, 0.6) is 0 Å². The number of likely N-dealkylation sites (N-methyl/N-ethyl adjacent to an activating group) is 1. The third-order valence-corrected chi connectivity index (χ3v) is 2.88. The average Bonchev–Trinajstić information content (AvgIpc) is 2.38. The van der Waals surface area contributed by atoms with E-state index in [1.54, 1.807) is 6.20 Å². The van der Waals surface area contributed by atoms with Crippen molar-refractivity contribution in [3.8, 4) is 0 Å². The van der Waals surface area contributed by atoms with Gasteiger partial charge in [-0.2, -0.15) is 0 Å². The highest BCUT2D eigenvalue weighted by Crippen LogP contribution is 2.14. The number of carbonyl (C=O) groups is 1. The number of hydrogen-bond acceptors (Lipinski definition) is 4. The maximum Gasteiger partial charge on any atom is 0.234 e. The van der Waals surface area contributed by atoms with Crippen molar-refractivity contribution in [1.29, 1.82) is 0 Å². The number of nitrogens with one attached hydrogen (secondary N) is 1. The van der Waals surface area contributed by atoms with Gasteiger partial charge in [0.15, 0.2) is 0 Å². The highest BCUT2D eigenvalue weighted by atomic mass is 16.2. The van der Waals surface area contributed by atoms with Gasteiger partial charge in [0.05, 0.1) is 18.3 Å². The largest absolute Gasteiger partial charge is 0.355 e. The highest BCUT2D eigenvalue weighted by molar-refractivity contribution is 5.78. The van der Waals surface area contributed by atoms with Gasteiger partial charge in [-0.25, -0.2) is 0 Å². The molecule has 1 atom stereocenters. The number of nitrogens with two attached hydrogens (primary N) is 1. The van der Waals surface area contributed by atoms with Crippen LogP contribution in [0.4, 0.5) is 0 Å². The van der Waals surface area contributed by atoms with E-state index in [1.807, 2.05) is 30.1 Å². The van der Waals surface area contributed by atoms with Crippen molar-refractivity contribution in [2.75, 3.05) is 26.7 Å². The topological polar surface area (TPSA) is 71.2 Å². The molecule has 1 aromatic heterocycles. The number of pyridine rings is 1. The Balaban J connectivity index is 2.55. The lowest BCUT2D eigenvalue weighted by Gasteiger charge is -2.26. The molecule has 0 aliphatic carbocycles. The van der Waals surface area contributed by atoms with Gasteiger partial charge >= 0.3 is 0 Å². The van der Waals surface area contributed by atoms with E-state index < -0.39 is 0 Å². The summed E-state index contributed by atoms with van der Waals surface area (Å²) in [7, 11) is 1.89. The summed E-state index contributed by atoms with van der Waals surface area (Å²) in [5.74, 6) is 0.473. The molecule has 19 heavy (non-hydrogen) atoms. The molecule has 1 heterocycles. The number of hydrogen-bond donors (Lipinski definition) is 2. The summed E-state index contributed by atoms with van der Waals surface area (Å²) in [5, 5.41) is 2.90. The molecule has 0 radical (unpaired) electrons. The van der Waals surface area contributed by atoms with Crippen LogP contribution in [-0.4, -0.2) is 42.5 Å². The lowest BCUT2D eigenvalue weighted by Crippen LogP contribution is -2.40. The minimum Gasteiger partial charge on any atom is -0.355 e. The van der Waals surface area contributed by atoms with Gasteiger partial charge in [0.25, 0.3) is 0 Å². The maximum absolute atomic E-state index is 11.8. The second kappa shape index (κ2) is 7.86. The van der Waals surface area contributed by atoms with E-state index in [1.165, 1.54) is 0 Å². The SMILES string of the molecule is CC(C)CNC(=O)CN(C)C(CN)c1ccccn1. The third-order valence-electron chi connectivity index (χ3n) is 2.88. The molecule has 0 aliphatic heterocycles. The van der Waals surface area contributed by atoms with Crippen LogP contribution in [0.1, 0.15) is 25.6 Å². The summed E-state index contributed by atoms with van der Waals surface area (Å²) in [5.41, 5.74) is 6.68. The average molecular weight is 264 g/mol. The summed E-state index contributed by atoms with van der Waals surface area (Å²) >= 11 is 0. The van der Waals surface area contributed by atoms with E-state index in [9.17, 15) is 4.79 Å². The predicted octanol–water partition coefficient (Wildman–Crippen LogP) is 0.785. The molecule has 1 amide bonds. The second-order valence-electron chi connectivity index (χ2n) is 5.12. The predicted molar refractivity (Wildman–Crippen MR) is 76.5 cm³/mol. The Morgan fingerprint density at radius 3 is 2.74 bits per heavy atom. The smallest absolute Gasteiger partial charge is 0.234 e. The number of aromatic nitrogens is 1. The fourth-order valence-corrected chi connectivity index (χ4v) is 1.81. The molecule has 1 aromatic rings. The Morgan fingerprint density at radius 2 is 2.21 bits per heavy atom. The van der Waals surface area contributed by atoms with Crippen molar-refractivity contribution in [1.82, 2.24) is 15.2 Å². The molecule has 106 valence electrons. The fraction of sp³-hybridized carbons (Fsp3) is 0.571. The first-order chi connectivity index (χ1) is 9.04. The van der Waals surface area contributed by atoms with Gasteiger partial charge in [0.2, 0.25) is 5.91 Å². The molecule has 0 aliphatic rings. The van der Waals surface area contributed by atoms with Crippen LogP contribution in [0, 0.1) is 5.92 Å². The van der Waals surface area contributed by atoms with Crippen LogP contribution in [0.3, 0.4) is 0 Å². The lowest BCUT2D eigenvalue weighted by atomic mass is 10.1. The second-order valence-corrected chi connectivity index (χ2v) is 5.12.